The van der Waals surface area contributed by atoms with Crippen LogP contribution in [0.2, 0.25) is 0 Å². The fourth-order valence-electron chi connectivity index (χ4n) is 0. The van der Waals surface area contributed by atoms with E-state index in [4.69, 9.17) is 15.1 Å². The molecule has 0 unspecified atom stereocenters. The molecule has 0 bridgehead atoms. The minimum Gasteiger partial charge on any atom is -1.00 e. The maximum absolute atomic E-state index is 7.17. The molecule has 0 aliphatic rings. The average molecular weight is 309 g/mol. The molecule has 0 aromatic carbocycles. The minimum atomic E-state index is -2.17. The van der Waals surface area contributed by atoms with Gasteiger partial charge in [0.2, 0.25) is 0 Å². The Bertz CT molecular complexity index is 22.0. The molecule has 0 amide bonds. The zero-order valence-corrected chi connectivity index (χ0v) is 8.72. The fourth-order valence-corrected chi connectivity index (χ4v) is 0. The summed E-state index contributed by atoms with van der Waals surface area (Å²) in [7, 11) is -2.17. The summed E-state index contributed by atoms with van der Waals surface area (Å²) in [6.07, 6.45) is 0. The molecule has 36 valence electrons. The van der Waals surface area contributed by atoms with Crippen molar-refractivity contribution in [1.29, 1.82) is 0 Å². The normalized spacial score (nSPS) is 4.50. The van der Waals surface area contributed by atoms with Crippen LogP contribution in [0.5, 0.6) is 0 Å². The predicted octanol–water partition coefficient (Wildman–Crippen LogP) is -2.21. The molecule has 0 aliphatic heterocycles. The third kappa shape index (κ3) is 29.5. The van der Waals surface area contributed by atoms with Crippen molar-refractivity contribution in [2.45, 2.75) is 0 Å². The van der Waals surface area contributed by atoms with Crippen LogP contribution in [0.1, 0.15) is 2.85 Å². The Kier molecular flexibility index (Phi) is 28.3. The van der Waals surface area contributed by atoms with Crippen LogP contribution in [-0.2, 0) is 0 Å². The minimum absolute atomic E-state index is 0. The number of hydrogen-bond acceptors (Lipinski definition) is 3. The molecule has 0 heterocycles. The second-order valence-electron chi connectivity index (χ2n) is 0.346. The summed E-state index contributed by atoms with van der Waals surface area (Å²) in [6.45, 7) is 0. The van der Waals surface area contributed by atoms with Crippen molar-refractivity contribution in [3.63, 3.8) is 0 Å². The first kappa shape index (κ1) is 15.9. The Labute approximate surface area is 108 Å². The van der Waals surface area contributed by atoms with Crippen LogP contribution in [0.25, 0.3) is 0 Å². The topological polar surface area (TPSA) is 60.7 Å². The number of hydrogen-bond donors (Lipinski definition) is 3. The summed E-state index contributed by atoms with van der Waals surface area (Å²) in [6, 6.07) is 0. The van der Waals surface area contributed by atoms with Gasteiger partial charge in [0.05, 0.1) is 0 Å². The first-order chi connectivity index (χ1) is 1.73. The van der Waals surface area contributed by atoms with Crippen LogP contribution in [0.15, 0.2) is 0 Å². The smallest absolute Gasteiger partial charge is 1.00 e. The van der Waals surface area contributed by atoms with Gasteiger partial charge >= 0.3 is 52.8 Å². The van der Waals surface area contributed by atoms with Crippen LogP contribution in [-0.4, -0.2) is 67.9 Å². The molecular formula is H5BGdO3Sr. The largest absolute Gasteiger partial charge is 2.00 e. The molecular weight excluding hydrogens is 304 g/mol. The summed E-state index contributed by atoms with van der Waals surface area (Å²) >= 11 is 0. The monoisotopic (exact) mass is 310 g/mol. The van der Waals surface area contributed by atoms with Crippen molar-refractivity contribution in [2.24, 2.45) is 0 Å². The standard InChI is InChI=1S/BH3O3.Gd.Sr.2H/c2-1(3)4;;;;/h2-4H;;;;/q;;+2;2*-1. The Morgan fingerprint density at radius 1 is 1.17 bits per heavy atom. The summed E-state index contributed by atoms with van der Waals surface area (Å²) in [5.41, 5.74) is 0. The molecule has 6 heteroatoms. The van der Waals surface area contributed by atoms with E-state index in [0.29, 0.717) is 0 Å². The van der Waals surface area contributed by atoms with Crippen LogP contribution >= 0.6 is 0 Å². The fraction of sp³-hybridized carbons (Fsp3) is 0. The van der Waals surface area contributed by atoms with Gasteiger partial charge in [0.25, 0.3) is 0 Å². The van der Waals surface area contributed by atoms with Crippen molar-refractivity contribution in [2.75, 3.05) is 0 Å². The van der Waals surface area contributed by atoms with Gasteiger partial charge in [0.15, 0.2) is 0 Å². The van der Waals surface area contributed by atoms with Gasteiger partial charge in [-0.25, -0.2) is 0 Å². The summed E-state index contributed by atoms with van der Waals surface area (Å²) in [5, 5.41) is 21.5. The van der Waals surface area contributed by atoms with Crippen molar-refractivity contribution in [3.8, 4) is 0 Å². The van der Waals surface area contributed by atoms with Gasteiger partial charge in [-0.3, -0.25) is 0 Å². The van der Waals surface area contributed by atoms with Gasteiger partial charge in [0, 0.05) is 39.9 Å². The van der Waals surface area contributed by atoms with Crippen molar-refractivity contribution < 1.29 is 57.9 Å². The van der Waals surface area contributed by atoms with Crippen LogP contribution in [0.3, 0.4) is 0 Å². The van der Waals surface area contributed by atoms with Crippen LogP contribution < -0.4 is 0 Å². The molecule has 6 heavy (non-hydrogen) atoms. The maximum Gasteiger partial charge on any atom is 2.00 e. The third-order valence-electron chi connectivity index (χ3n) is 0. The number of rotatable bonds is 0. The van der Waals surface area contributed by atoms with E-state index >= 15 is 0 Å². The first-order valence-electron chi connectivity index (χ1n) is 0.775. The van der Waals surface area contributed by atoms with E-state index in [2.05, 4.69) is 0 Å². The van der Waals surface area contributed by atoms with Gasteiger partial charge in [0.1, 0.15) is 0 Å². The van der Waals surface area contributed by atoms with Gasteiger partial charge in [-0.05, 0) is 0 Å². The van der Waals surface area contributed by atoms with E-state index in [1.165, 1.54) is 0 Å². The zero-order valence-electron chi connectivity index (χ0n) is 4.98. The van der Waals surface area contributed by atoms with Gasteiger partial charge in [-0.1, -0.05) is 0 Å². The van der Waals surface area contributed by atoms with Crippen LogP contribution in [0.4, 0.5) is 0 Å². The van der Waals surface area contributed by atoms with Crippen molar-refractivity contribution in [1.82, 2.24) is 0 Å². The summed E-state index contributed by atoms with van der Waals surface area (Å²) < 4.78 is 0. The SMILES string of the molecule is OB(O)O.[Gd].[H-].[H-].[Sr+2]. The van der Waals surface area contributed by atoms with Crippen molar-refractivity contribution >= 4 is 52.8 Å². The van der Waals surface area contributed by atoms with Gasteiger partial charge < -0.3 is 17.9 Å². The van der Waals surface area contributed by atoms with E-state index in [1.807, 2.05) is 0 Å². The Morgan fingerprint density at radius 3 is 1.17 bits per heavy atom. The van der Waals surface area contributed by atoms with E-state index in [1.54, 1.807) is 0 Å². The quantitative estimate of drug-likeness (QED) is 0.445. The van der Waals surface area contributed by atoms with Crippen molar-refractivity contribution in [3.05, 3.63) is 0 Å². The van der Waals surface area contributed by atoms with E-state index in [-0.39, 0.29) is 88.3 Å². The van der Waals surface area contributed by atoms with E-state index in [9.17, 15) is 0 Å². The molecule has 0 saturated heterocycles. The molecule has 0 aromatic rings. The molecule has 0 rings (SSSR count). The molecule has 0 fully saturated rings. The molecule has 0 radical (unpaired) electrons. The molecule has 0 atom stereocenters. The summed E-state index contributed by atoms with van der Waals surface area (Å²) in [4.78, 5) is 0. The Hall–Kier alpha value is 2.75. The maximum atomic E-state index is 7.17. The van der Waals surface area contributed by atoms with Gasteiger partial charge in [-0.15, -0.1) is 0 Å². The molecule has 3 N–H and O–H groups in total. The van der Waals surface area contributed by atoms with E-state index in [0.717, 1.165) is 0 Å². The van der Waals surface area contributed by atoms with Crippen LogP contribution in [0, 0.1) is 39.9 Å². The second kappa shape index (κ2) is 10.7. The molecule has 0 aromatic heterocycles. The zero-order chi connectivity index (χ0) is 3.58. The molecule has 0 spiro atoms. The summed E-state index contributed by atoms with van der Waals surface area (Å²) in [5.74, 6) is 0. The molecule has 0 saturated carbocycles. The first-order valence-corrected chi connectivity index (χ1v) is 0.775. The predicted molar refractivity (Wildman–Crippen MR) is 20.4 cm³/mol. The van der Waals surface area contributed by atoms with Gasteiger partial charge in [-0.2, -0.15) is 0 Å². The average Bonchev–Trinajstić information content (AvgIpc) is 0.811. The Balaban J connectivity index is -0.00000000750. The van der Waals surface area contributed by atoms with E-state index < -0.39 is 7.32 Å². The molecule has 3 nitrogen and oxygen atoms in total. The Morgan fingerprint density at radius 2 is 1.17 bits per heavy atom. The molecule has 0 aliphatic carbocycles. The second-order valence-corrected chi connectivity index (χ2v) is 0.346. The third-order valence-corrected chi connectivity index (χ3v) is 0.